The lowest BCUT2D eigenvalue weighted by molar-refractivity contribution is -0.130. The summed E-state index contributed by atoms with van der Waals surface area (Å²) < 4.78 is 38.5. The Kier molecular flexibility index (Phi) is 6.61. The molecule has 0 unspecified atom stereocenters. The van der Waals surface area contributed by atoms with Crippen LogP contribution in [0.15, 0.2) is 48.5 Å². The molecule has 0 aromatic heterocycles. The van der Waals surface area contributed by atoms with Crippen molar-refractivity contribution in [3.8, 4) is 0 Å². The van der Waals surface area contributed by atoms with Crippen molar-refractivity contribution in [2.24, 2.45) is 0 Å². The van der Waals surface area contributed by atoms with Crippen molar-refractivity contribution in [3.63, 3.8) is 0 Å². The molecule has 0 radical (unpaired) electrons. The minimum atomic E-state index is -3.65. The summed E-state index contributed by atoms with van der Waals surface area (Å²) in [5, 5.41) is -0.177. The van der Waals surface area contributed by atoms with Crippen LogP contribution in [0.2, 0.25) is 5.02 Å². The van der Waals surface area contributed by atoms with Crippen LogP contribution >= 0.6 is 11.6 Å². The first kappa shape index (κ1) is 20.2. The van der Waals surface area contributed by atoms with Crippen LogP contribution in [0.4, 0.5) is 10.1 Å². The van der Waals surface area contributed by atoms with Gasteiger partial charge in [0.2, 0.25) is 15.9 Å². The molecule has 0 saturated carbocycles. The van der Waals surface area contributed by atoms with E-state index < -0.39 is 15.8 Å². The van der Waals surface area contributed by atoms with Gasteiger partial charge in [-0.1, -0.05) is 41.9 Å². The van der Waals surface area contributed by atoms with E-state index >= 15 is 0 Å². The second-order valence-electron chi connectivity index (χ2n) is 5.92. The van der Waals surface area contributed by atoms with E-state index in [0.29, 0.717) is 6.54 Å². The van der Waals surface area contributed by atoms with Crippen molar-refractivity contribution in [2.75, 3.05) is 24.2 Å². The summed E-state index contributed by atoms with van der Waals surface area (Å²) >= 11 is 5.74. The van der Waals surface area contributed by atoms with Gasteiger partial charge < -0.3 is 4.90 Å². The van der Waals surface area contributed by atoms with E-state index in [4.69, 9.17) is 11.6 Å². The van der Waals surface area contributed by atoms with Crippen LogP contribution in [-0.4, -0.2) is 39.1 Å². The highest BCUT2D eigenvalue weighted by Crippen LogP contribution is 2.24. The number of amides is 1. The molecule has 0 saturated heterocycles. The summed E-state index contributed by atoms with van der Waals surface area (Å²) in [6.07, 6.45) is 1.02. The maximum atomic E-state index is 13.3. The van der Waals surface area contributed by atoms with Crippen LogP contribution in [0.25, 0.3) is 0 Å². The lowest BCUT2D eigenvalue weighted by Crippen LogP contribution is -2.35. The Morgan fingerprint density at radius 2 is 1.81 bits per heavy atom. The molecule has 8 heteroatoms. The first-order valence-corrected chi connectivity index (χ1v) is 10.1. The summed E-state index contributed by atoms with van der Waals surface area (Å²) in [4.78, 5) is 13.9. The molecular weight excluding hydrogens is 379 g/mol. The third-order valence-corrected chi connectivity index (χ3v) is 5.29. The maximum Gasteiger partial charge on any atom is 0.232 e. The van der Waals surface area contributed by atoms with Gasteiger partial charge in [-0.2, -0.15) is 0 Å². The van der Waals surface area contributed by atoms with E-state index in [1.54, 1.807) is 7.05 Å². The summed E-state index contributed by atoms with van der Waals surface area (Å²) in [6, 6.07) is 13.1. The number of sulfonamides is 1. The van der Waals surface area contributed by atoms with Crippen molar-refractivity contribution in [1.29, 1.82) is 0 Å². The number of hydrogen-bond acceptors (Lipinski definition) is 3. The van der Waals surface area contributed by atoms with Gasteiger partial charge in [0.05, 0.1) is 17.0 Å². The molecule has 1 amide bonds. The third kappa shape index (κ3) is 5.44. The number of halogens is 2. The number of rotatable bonds is 7. The van der Waals surface area contributed by atoms with Gasteiger partial charge in [-0.05, 0) is 23.8 Å². The van der Waals surface area contributed by atoms with Gasteiger partial charge in [-0.3, -0.25) is 9.10 Å². The fourth-order valence-corrected chi connectivity index (χ4v) is 3.55. The maximum absolute atomic E-state index is 13.3. The van der Waals surface area contributed by atoms with Crippen LogP contribution in [-0.2, 0) is 21.4 Å². The van der Waals surface area contributed by atoms with Gasteiger partial charge in [0.1, 0.15) is 5.82 Å². The van der Waals surface area contributed by atoms with E-state index in [1.165, 1.54) is 17.0 Å². The highest BCUT2D eigenvalue weighted by atomic mass is 35.5. The Bertz CT molecular complexity index is 875. The Morgan fingerprint density at radius 1 is 1.15 bits per heavy atom. The molecule has 0 spiro atoms. The quantitative estimate of drug-likeness (QED) is 0.719. The molecular formula is C18H20ClFN2O3S. The van der Waals surface area contributed by atoms with Gasteiger partial charge >= 0.3 is 0 Å². The normalized spacial score (nSPS) is 11.2. The molecule has 0 fully saturated rings. The molecule has 26 heavy (non-hydrogen) atoms. The highest BCUT2D eigenvalue weighted by molar-refractivity contribution is 7.92. The van der Waals surface area contributed by atoms with E-state index in [1.807, 2.05) is 30.3 Å². The zero-order chi connectivity index (χ0) is 19.3. The number of carbonyl (C=O) groups excluding carboxylic acids is 1. The Balaban J connectivity index is 2.07. The third-order valence-electron chi connectivity index (χ3n) is 3.81. The molecule has 2 aromatic carbocycles. The van der Waals surface area contributed by atoms with Crippen molar-refractivity contribution in [2.45, 2.75) is 13.0 Å². The molecule has 2 rings (SSSR count). The van der Waals surface area contributed by atoms with E-state index in [9.17, 15) is 17.6 Å². The fourth-order valence-electron chi connectivity index (χ4n) is 2.46. The molecule has 0 aliphatic carbocycles. The second kappa shape index (κ2) is 8.51. The van der Waals surface area contributed by atoms with Crippen LogP contribution in [0.1, 0.15) is 12.0 Å². The number of anilines is 1. The van der Waals surface area contributed by atoms with Crippen molar-refractivity contribution in [1.82, 2.24) is 4.90 Å². The van der Waals surface area contributed by atoms with Crippen molar-refractivity contribution >= 4 is 33.2 Å². The van der Waals surface area contributed by atoms with Gasteiger partial charge in [-0.25, -0.2) is 12.8 Å². The summed E-state index contributed by atoms with van der Waals surface area (Å²) in [5.41, 5.74) is 1.20. The molecule has 0 heterocycles. The molecule has 2 aromatic rings. The lowest BCUT2D eigenvalue weighted by atomic mass is 10.2. The predicted molar refractivity (Wildman–Crippen MR) is 101 cm³/mol. The molecule has 140 valence electrons. The van der Waals surface area contributed by atoms with Gasteiger partial charge in [0.25, 0.3) is 0 Å². The average Bonchev–Trinajstić information content (AvgIpc) is 2.57. The average molecular weight is 399 g/mol. The van der Waals surface area contributed by atoms with E-state index in [0.717, 1.165) is 22.2 Å². The largest absolute Gasteiger partial charge is 0.341 e. The summed E-state index contributed by atoms with van der Waals surface area (Å²) in [5.74, 6) is -0.835. The fraction of sp³-hybridized carbons (Fsp3) is 0.278. The number of carbonyl (C=O) groups is 1. The Labute approximate surface area is 158 Å². The Hall–Kier alpha value is -2.12. The summed E-state index contributed by atoms with van der Waals surface area (Å²) in [6.45, 7) is 0.375. The SMILES string of the molecule is CN(Cc1ccccc1)C(=O)CCN(c1ccc(F)c(Cl)c1)S(C)(=O)=O. The molecule has 0 N–H and O–H groups in total. The number of hydrogen-bond donors (Lipinski definition) is 0. The van der Waals surface area contributed by atoms with Crippen molar-refractivity contribution in [3.05, 3.63) is 64.9 Å². The first-order chi connectivity index (χ1) is 12.2. The highest BCUT2D eigenvalue weighted by Gasteiger charge is 2.20. The Morgan fingerprint density at radius 3 is 2.38 bits per heavy atom. The molecule has 5 nitrogen and oxygen atoms in total. The molecule has 0 bridgehead atoms. The molecule has 0 aliphatic rings. The molecule has 0 atom stereocenters. The monoisotopic (exact) mass is 398 g/mol. The first-order valence-electron chi connectivity index (χ1n) is 7.89. The van der Waals surface area contributed by atoms with E-state index in [-0.39, 0.29) is 29.6 Å². The predicted octanol–water partition coefficient (Wildman–Crippen LogP) is 3.29. The van der Waals surface area contributed by atoms with Gasteiger partial charge in [0, 0.05) is 26.6 Å². The van der Waals surface area contributed by atoms with Crippen LogP contribution in [0, 0.1) is 5.82 Å². The van der Waals surface area contributed by atoms with Crippen molar-refractivity contribution < 1.29 is 17.6 Å². The lowest BCUT2D eigenvalue weighted by Gasteiger charge is -2.24. The zero-order valence-corrected chi connectivity index (χ0v) is 16.1. The van der Waals surface area contributed by atoms with E-state index in [2.05, 4.69) is 0 Å². The second-order valence-corrected chi connectivity index (χ2v) is 8.23. The topological polar surface area (TPSA) is 57.7 Å². The standard InChI is InChI=1S/C18H20ClFN2O3S/c1-21(13-14-6-4-3-5-7-14)18(23)10-11-22(26(2,24)25)15-8-9-17(20)16(19)12-15/h3-9,12H,10-11,13H2,1-2H3. The number of nitrogens with zero attached hydrogens (tertiary/aromatic N) is 2. The smallest absolute Gasteiger partial charge is 0.232 e. The zero-order valence-electron chi connectivity index (χ0n) is 14.5. The van der Waals surface area contributed by atoms with Crippen LogP contribution in [0.3, 0.4) is 0 Å². The minimum absolute atomic E-state index is 0.00853. The van der Waals surface area contributed by atoms with Gasteiger partial charge in [0.15, 0.2) is 0 Å². The number of benzene rings is 2. The van der Waals surface area contributed by atoms with Crippen LogP contribution < -0.4 is 4.31 Å². The minimum Gasteiger partial charge on any atom is -0.341 e. The summed E-state index contributed by atoms with van der Waals surface area (Å²) in [7, 11) is -1.98. The van der Waals surface area contributed by atoms with Gasteiger partial charge in [-0.15, -0.1) is 0 Å². The van der Waals surface area contributed by atoms with Crippen LogP contribution in [0.5, 0.6) is 0 Å². The molecule has 0 aliphatic heterocycles.